The summed E-state index contributed by atoms with van der Waals surface area (Å²) in [4.78, 5) is 36.2. The molecular weight excluding hydrogens is 379 g/mol. The highest BCUT2D eigenvalue weighted by Gasteiger charge is 2.34. The van der Waals surface area contributed by atoms with Crippen LogP contribution in [0.15, 0.2) is 53.6 Å². The standard InChI is InChI=1S/C20H19FN4O4/c1-13(26)23(2)12-20(27)24-19(15-4-3-5-17(10-15)25(28)29)11-18(22-24)14-6-8-16(21)9-7-14/h3-10,19H,11-12H2,1-2H3/t19-/m1/s1. The lowest BCUT2D eigenvalue weighted by Gasteiger charge is -2.24. The van der Waals surface area contributed by atoms with Crippen molar-refractivity contribution in [2.75, 3.05) is 13.6 Å². The summed E-state index contributed by atoms with van der Waals surface area (Å²) >= 11 is 0. The molecule has 0 N–H and O–H groups in total. The molecule has 150 valence electrons. The molecule has 2 aromatic rings. The number of halogens is 1. The van der Waals surface area contributed by atoms with Crippen LogP contribution in [0, 0.1) is 15.9 Å². The molecule has 1 heterocycles. The minimum atomic E-state index is -0.567. The Morgan fingerprint density at radius 1 is 1.28 bits per heavy atom. The molecule has 8 nitrogen and oxygen atoms in total. The molecule has 1 aliphatic rings. The van der Waals surface area contributed by atoms with Crippen LogP contribution in [0.3, 0.4) is 0 Å². The van der Waals surface area contributed by atoms with E-state index >= 15 is 0 Å². The van der Waals surface area contributed by atoms with Crippen LogP contribution in [-0.4, -0.2) is 46.0 Å². The van der Waals surface area contributed by atoms with Gasteiger partial charge in [-0.3, -0.25) is 19.7 Å². The maximum absolute atomic E-state index is 13.3. The number of carbonyl (C=O) groups excluding carboxylic acids is 2. The van der Waals surface area contributed by atoms with Gasteiger partial charge in [-0.05, 0) is 23.3 Å². The van der Waals surface area contributed by atoms with Gasteiger partial charge in [0.25, 0.3) is 11.6 Å². The van der Waals surface area contributed by atoms with Crippen molar-refractivity contribution in [1.29, 1.82) is 0 Å². The van der Waals surface area contributed by atoms with E-state index in [1.165, 1.54) is 48.1 Å². The third-order valence-corrected chi connectivity index (χ3v) is 4.72. The smallest absolute Gasteiger partial charge is 0.269 e. The Bertz CT molecular complexity index is 990. The van der Waals surface area contributed by atoms with Crippen LogP contribution < -0.4 is 0 Å². The third-order valence-electron chi connectivity index (χ3n) is 4.72. The molecule has 3 rings (SSSR count). The van der Waals surface area contributed by atoms with Crippen LogP contribution >= 0.6 is 0 Å². The zero-order chi connectivity index (χ0) is 21.1. The molecule has 1 atom stereocenters. The fourth-order valence-electron chi connectivity index (χ4n) is 3.05. The first-order valence-corrected chi connectivity index (χ1v) is 8.88. The molecule has 0 saturated carbocycles. The molecule has 0 radical (unpaired) electrons. The minimum absolute atomic E-state index is 0.0917. The second kappa shape index (κ2) is 8.17. The van der Waals surface area contributed by atoms with E-state index in [9.17, 15) is 24.1 Å². The van der Waals surface area contributed by atoms with E-state index in [0.717, 1.165) is 0 Å². The van der Waals surface area contributed by atoms with E-state index in [0.29, 0.717) is 23.3 Å². The van der Waals surface area contributed by atoms with Gasteiger partial charge in [-0.2, -0.15) is 5.10 Å². The third kappa shape index (κ3) is 4.45. The SMILES string of the molecule is CC(=O)N(C)CC(=O)N1N=C(c2ccc(F)cc2)C[C@@H]1c1cccc([N+](=O)[O-])c1. The van der Waals surface area contributed by atoms with Crippen molar-refractivity contribution in [3.8, 4) is 0 Å². The van der Waals surface area contributed by atoms with E-state index in [1.807, 2.05) is 0 Å². The van der Waals surface area contributed by atoms with E-state index in [2.05, 4.69) is 5.10 Å². The van der Waals surface area contributed by atoms with Crippen LogP contribution in [-0.2, 0) is 9.59 Å². The summed E-state index contributed by atoms with van der Waals surface area (Å²) in [5.74, 6) is -1.08. The molecule has 0 spiro atoms. The van der Waals surface area contributed by atoms with Crippen molar-refractivity contribution in [3.05, 3.63) is 75.6 Å². The van der Waals surface area contributed by atoms with Crippen molar-refractivity contribution in [2.24, 2.45) is 5.10 Å². The highest BCUT2D eigenvalue weighted by molar-refractivity contribution is 6.03. The van der Waals surface area contributed by atoms with Gasteiger partial charge in [0, 0.05) is 32.5 Å². The summed E-state index contributed by atoms with van der Waals surface area (Å²) in [7, 11) is 1.50. The second-order valence-electron chi connectivity index (χ2n) is 6.74. The highest BCUT2D eigenvalue weighted by atomic mass is 19.1. The molecule has 0 unspecified atom stereocenters. The monoisotopic (exact) mass is 398 g/mol. The molecule has 2 aromatic carbocycles. The van der Waals surface area contributed by atoms with Crippen LogP contribution in [0.4, 0.5) is 10.1 Å². The lowest BCUT2D eigenvalue weighted by Crippen LogP contribution is -2.38. The number of amides is 2. The number of nitro groups is 1. The molecule has 0 aliphatic carbocycles. The average Bonchev–Trinajstić information content (AvgIpc) is 3.14. The van der Waals surface area contributed by atoms with Gasteiger partial charge in [0.05, 0.1) is 16.7 Å². The van der Waals surface area contributed by atoms with Gasteiger partial charge in [0.2, 0.25) is 5.91 Å². The largest absolute Gasteiger partial charge is 0.337 e. The normalized spacial score (nSPS) is 15.8. The number of hydrogen-bond acceptors (Lipinski definition) is 5. The minimum Gasteiger partial charge on any atom is -0.337 e. The van der Waals surface area contributed by atoms with Crippen LogP contribution in [0.25, 0.3) is 0 Å². The number of rotatable bonds is 5. The Morgan fingerprint density at radius 2 is 1.97 bits per heavy atom. The van der Waals surface area contributed by atoms with Crippen LogP contribution in [0.5, 0.6) is 0 Å². The first kappa shape index (κ1) is 20.1. The molecule has 0 fully saturated rings. The Kier molecular flexibility index (Phi) is 5.67. The first-order chi connectivity index (χ1) is 13.8. The number of hydrazone groups is 1. The van der Waals surface area contributed by atoms with Gasteiger partial charge in [-0.25, -0.2) is 9.40 Å². The van der Waals surface area contributed by atoms with Crippen LogP contribution in [0.2, 0.25) is 0 Å². The predicted octanol–water partition coefficient (Wildman–Crippen LogP) is 2.89. The van der Waals surface area contributed by atoms with Crippen molar-refractivity contribution >= 4 is 23.2 Å². The topological polar surface area (TPSA) is 96.1 Å². The van der Waals surface area contributed by atoms with Crippen LogP contribution in [0.1, 0.15) is 30.5 Å². The van der Waals surface area contributed by atoms with Crippen molar-refractivity contribution in [3.63, 3.8) is 0 Å². The molecule has 9 heteroatoms. The van der Waals surface area contributed by atoms with E-state index < -0.39 is 22.7 Å². The first-order valence-electron chi connectivity index (χ1n) is 8.88. The van der Waals surface area contributed by atoms with Gasteiger partial charge in [0.1, 0.15) is 12.4 Å². The zero-order valence-corrected chi connectivity index (χ0v) is 15.9. The van der Waals surface area contributed by atoms with E-state index in [-0.39, 0.29) is 18.1 Å². The fraction of sp³-hybridized carbons (Fsp3) is 0.250. The summed E-state index contributed by atoms with van der Waals surface area (Å²) < 4.78 is 13.3. The molecule has 1 aliphatic heterocycles. The maximum atomic E-state index is 13.3. The summed E-state index contributed by atoms with van der Waals surface area (Å²) in [6.45, 7) is 1.17. The maximum Gasteiger partial charge on any atom is 0.269 e. The van der Waals surface area contributed by atoms with Crippen molar-refractivity contribution < 1.29 is 18.9 Å². The lowest BCUT2D eigenvalue weighted by atomic mass is 9.98. The number of nitro benzene ring substituents is 1. The highest BCUT2D eigenvalue weighted by Crippen LogP contribution is 2.34. The number of nitrogens with zero attached hydrogens (tertiary/aromatic N) is 4. The van der Waals surface area contributed by atoms with Crippen molar-refractivity contribution in [2.45, 2.75) is 19.4 Å². The predicted molar refractivity (Wildman–Crippen MR) is 104 cm³/mol. The quantitative estimate of drug-likeness (QED) is 0.571. The Balaban J connectivity index is 1.96. The number of carbonyl (C=O) groups is 2. The molecule has 0 bridgehead atoms. The second-order valence-corrected chi connectivity index (χ2v) is 6.74. The van der Waals surface area contributed by atoms with Gasteiger partial charge in [0.15, 0.2) is 0 Å². The number of likely N-dealkylation sites (N-methyl/N-ethyl adjacent to an activating group) is 1. The fourth-order valence-corrected chi connectivity index (χ4v) is 3.05. The van der Waals surface area contributed by atoms with Gasteiger partial charge in [-0.15, -0.1) is 0 Å². The lowest BCUT2D eigenvalue weighted by molar-refractivity contribution is -0.385. The van der Waals surface area contributed by atoms with Gasteiger partial charge in [-0.1, -0.05) is 24.3 Å². The van der Waals surface area contributed by atoms with Gasteiger partial charge >= 0.3 is 0 Å². The number of benzene rings is 2. The molecule has 0 aromatic heterocycles. The van der Waals surface area contributed by atoms with Gasteiger partial charge < -0.3 is 4.90 Å². The summed E-state index contributed by atoms with van der Waals surface area (Å²) in [5.41, 5.74) is 1.67. The molecule has 29 heavy (non-hydrogen) atoms. The summed E-state index contributed by atoms with van der Waals surface area (Å²) in [6.07, 6.45) is 0.308. The van der Waals surface area contributed by atoms with E-state index in [4.69, 9.17) is 0 Å². The van der Waals surface area contributed by atoms with E-state index in [1.54, 1.807) is 24.3 Å². The Morgan fingerprint density at radius 3 is 2.59 bits per heavy atom. The molecule has 2 amide bonds. The Labute approximate surface area is 166 Å². The Hall–Kier alpha value is -3.62. The van der Waals surface area contributed by atoms with Crippen molar-refractivity contribution in [1.82, 2.24) is 9.91 Å². The summed E-state index contributed by atoms with van der Waals surface area (Å²) in [6, 6.07) is 11.2. The molecular formula is C20H19FN4O4. The zero-order valence-electron chi connectivity index (χ0n) is 15.9. The summed E-state index contributed by atoms with van der Waals surface area (Å²) in [5, 5.41) is 16.8. The number of hydrogen-bond donors (Lipinski definition) is 0. The average molecular weight is 398 g/mol. The number of non-ortho nitro benzene ring substituents is 1. The molecule has 0 saturated heterocycles.